The summed E-state index contributed by atoms with van der Waals surface area (Å²) >= 11 is 3.50. The Morgan fingerprint density at radius 3 is 2.38 bits per heavy atom. The van der Waals surface area contributed by atoms with Crippen molar-refractivity contribution < 1.29 is 30.5 Å². The predicted molar refractivity (Wildman–Crippen MR) is 180 cm³/mol. The maximum atomic E-state index is 6.34. The molecule has 0 bridgehead atoms. The van der Waals surface area contributed by atoms with Crippen LogP contribution < -0.4 is 9.47 Å². The van der Waals surface area contributed by atoms with Gasteiger partial charge in [-0.1, -0.05) is 23.7 Å². The molecule has 226 valence electrons. The summed E-state index contributed by atoms with van der Waals surface area (Å²) in [5.74, 6) is 2.63. The van der Waals surface area contributed by atoms with E-state index < -0.39 is 0 Å². The van der Waals surface area contributed by atoms with E-state index in [2.05, 4.69) is 77.6 Å². The minimum Gasteiger partial charge on any atom is -0.509 e. The zero-order valence-electron chi connectivity index (χ0n) is 25.0. The van der Waals surface area contributed by atoms with Gasteiger partial charge in [0, 0.05) is 56.4 Å². The minimum absolute atomic E-state index is 0. The molecular formula is C36H28N4O2PtS2. The fourth-order valence-electron chi connectivity index (χ4n) is 5.48. The summed E-state index contributed by atoms with van der Waals surface area (Å²) in [5, 5.41) is 6.86. The number of methoxy groups -OCH3 is 1. The molecule has 0 amide bonds. The largest absolute Gasteiger partial charge is 2.00 e. The first-order valence-corrected chi connectivity index (χ1v) is 16.5. The van der Waals surface area contributed by atoms with E-state index in [1.807, 2.05) is 59.4 Å². The summed E-state index contributed by atoms with van der Waals surface area (Å²) in [6, 6.07) is 33.2. The van der Waals surface area contributed by atoms with Gasteiger partial charge in [0.2, 0.25) is 0 Å². The van der Waals surface area contributed by atoms with Crippen molar-refractivity contribution in [3.63, 3.8) is 0 Å². The number of aromatic nitrogens is 4. The Morgan fingerprint density at radius 2 is 1.60 bits per heavy atom. The summed E-state index contributed by atoms with van der Waals surface area (Å²) in [6.45, 7) is 2.14. The molecule has 6 nitrogen and oxygen atoms in total. The van der Waals surface area contributed by atoms with E-state index in [0.29, 0.717) is 11.5 Å². The second-order valence-corrected chi connectivity index (χ2v) is 11.9. The van der Waals surface area contributed by atoms with Crippen LogP contribution in [-0.4, -0.2) is 39.0 Å². The van der Waals surface area contributed by atoms with Crippen molar-refractivity contribution in [2.24, 2.45) is 0 Å². The second kappa shape index (κ2) is 13.2. The summed E-state index contributed by atoms with van der Waals surface area (Å²) in [4.78, 5) is 7.12. The molecule has 0 saturated carbocycles. The summed E-state index contributed by atoms with van der Waals surface area (Å²) in [7, 11) is 1.66. The molecule has 0 aliphatic rings. The maximum Gasteiger partial charge on any atom is 2.00 e. The van der Waals surface area contributed by atoms with Crippen molar-refractivity contribution in [1.82, 2.24) is 19.3 Å². The predicted octanol–water partition coefficient (Wildman–Crippen LogP) is 9.18. The third-order valence-corrected chi connectivity index (χ3v) is 9.00. The quantitative estimate of drug-likeness (QED) is 0.113. The van der Waals surface area contributed by atoms with Crippen LogP contribution in [0, 0.1) is 19.1 Å². The van der Waals surface area contributed by atoms with Crippen molar-refractivity contribution in [3.8, 4) is 39.9 Å². The third-order valence-electron chi connectivity index (χ3n) is 7.48. The molecule has 0 atom stereocenters. The molecule has 3 heterocycles. The van der Waals surface area contributed by atoms with Crippen LogP contribution in [0.3, 0.4) is 0 Å². The topological polar surface area (TPSA) is 54.1 Å². The van der Waals surface area contributed by atoms with Gasteiger partial charge in [0.1, 0.15) is 11.6 Å². The molecule has 0 aliphatic heterocycles. The molecule has 7 aromatic rings. The van der Waals surface area contributed by atoms with E-state index in [1.165, 1.54) is 20.9 Å². The summed E-state index contributed by atoms with van der Waals surface area (Å²) in [6.07, 6.45) is 9.94. The van der Waals surface area contributed by atoms with Crippen LogP contribution in [-0.2, 0) is 21.1 Å². The fourth-order valence-corrected chi connectivity index (χ4v) is 7.02. The summed E-state index contributed by atoms with van der Waals surface area (Å²) < 4.78 is 15.7. The van der Waals surface area contributed by atoms with Crippen LogP contribution in [0.4, 0.5) is 0 Å². The average molecular weight is 808 g/mol. The molecule has 0 unspecified atom stereocenters. The standard InChI is InChI=1S/C36H28N4O2S2.Pt/c1-23-16-33(43-3)36(34(17-23)44-4)24-21-38-39(22-24)25-8-7-9-27(18-25)42-28-12-13-30-29-10-5-6-11-31(29)40(32(30)19-28)35-20-26(41-2)14-15-37-35;/h5-17,20-22H,1-4H3;/q-2;+2. The number of nitrogens with zero attached hydrogens (tertiary/aromatic N) is 4. The molecule has 0 fully saturated rings. The van der Waals surface area contributed by atoms with E-state index in [1.54, 1.807) is 36.8 Å². The summed E-state index contributed by atoms with van der Waals surface area (Å²) in [5.41, 5.74) is 6.21. The smallest absolute Gasteiger partial charge is 0.509 e. The van der Waals surface area contributed by atoms with Gasteiger partial charge in [0.25, 0.3) is 0 Å². The van der Waals surface area contributed by atoms with E-state index in [4.69, 9.17) is 14.6 Å². The van der Waals surface area contributed by atoms with Gasteiger partial charge in [-0.05, 0) is 60.3 Å². The number of thioether (sulfide) groups is 2. The number of aryl methyl sites for hydroxylation is 1. The van der Waals surface area contributed by atoms with Crippen LogP contribution in [0.15, 0.2) is 107 Å². The molecule has 9 heteroatoms. The van der Waals surface area contributed by atoms with Crippen molar-refractivity contribution in [3.05, 3.63) is 115 Å². The van der Waals surface area contributed by atoms with Crippen LogP contribution in [0.25, 0.3) is 44.4 Å². The molecule has 0 aliphatic carbocycles. The average Bonchev–Trinajstić information content (AvgIpc) is 3.67. The SMILES string of the molecule is COc1ccnc(-n2c3[c-]c(Oc4[c-]c(-n5cc(-c6c(SC)cc(C)cc6SC)cn5)ccc4)ccc3c3ccccc32)c1.[Pt+2]. The third kappa shape index (κ3) is 5.90. The van der Waals surface area contributed by atoms with Crippen molar-refractivity contribution in [2.75, 3.05) is 19.6 Å². The van der Waals surface area contributed by atoms with Gasteiger partial charge in [-0.15, -0.1) is 59.2 Å². The molecule has 0 spiro atoms. The van der Waals surface area contributed by atoms with Gasteiger partial charge in [-0.2, -0.15) is 17.2 Å². The van der Waals surface area contributed by atoms with E-state index in [-0.39, 0.29) is 21.1 Å². The molecule has 3 aromatic heterocycles. The first-order chi connectivity index (χ1) is 21.6. The van der Waals surface area contributed by atoms with Crippen LogP contribution >= 0.6 is 23.5 Å². The Hall–Kier alpha value is -3.97. The van der Waals surface area contributed by atoms with Crippen molar-refractivity contribution in [2.45, 2.75) is 16.7 Å². The molecule has 0 radical (unpaired) electrons. The van der Waals surface area contributed by atoms with Crippen LogP contribution in [0.1, 0.15) is 5.56 Å². The van der Waals surface area contributed by atoms with Gasteiger partial charge in [-0.3, -0.25) is 4.68 Å². The Balaban J connectivity index is 0.00000357. The molecular weight excluding hydrogens is 780 g/mol. The molecule has 45 heavy (non-hydrogen) atoms. The molecule has 7 rings (SSSR count). The van der Waals surface area contributed by atoms with Crippen molar-refractivity contribution >= 4 is 45.3 Å². The Morgan fingerprint density at radius 1 is 0.822 bits per heavy atom. The van der Waals surface area contributed by atoms with Gasteiger partial charge in [0.15, 0.2) is 0 Å². The number of para-hydroxylation sites is 1. The zero-order valence-corrected chi connectivity index (χ0v) is 28.9. The van der Waals surface area contributed by atoms with Gasteiger partial charge >= 0.3 is 21.1 Å². The molecule has 4 aromatic carbocycles. The van der Waals surface area contributed by atoms with E-state index in [9.17, 15) is 0 Å². The van der Waals surface area contributed by atoms with Crippen molar-refractivity contribution in [1.29, 1.82) is 0 Å². The number of benzene rings is 4. The van der Waals surface area contributed by atoms with E-state index in [0.717, 1.165) is 44.6 Å². The van der Waals surface area contributed by atoms with Gasteiger partial charge in [0.05, 0.1) is 13.3 Å². The van der Waals surface area contributed by atoms with Gasteiger partial charge in [-0.25, -0.2) is 4.98 Å². The molecule has 0 N–H and O–H groups in total. The fraction of sp³-hybridized carbons (Fsp3) is 0.111. The van der Waals surface area contributed by atoms with Gasteiger partial charge < -0.3 is 14.0 Å². The zero-order chi connectivity index (χ0) is 30.2. The maximum absolute atomic E-state index is 6.34. The number of hydrogen-bond donors (Lipinski definition) is 0. The monoisotopic (exact) mass is 807 g/mol. The van der Waals surface area contributed by atoms with E-state index >= 15 is 0 Å². The normalized spacial score (nSPS) is 11.1. The Kier molecular flexibility index (Phi) is 9.08. The van der Waals surface area contributed by atoms with Crippen LogP contribution in [0.2, 0.25) is 0 Å². The number of ether oxygens (including phenoxy) is 2. The number of hydrogen-bond acceptors (Lipinski definition) is 6. The Labute approximate surface area is 285 Å². The van der Waals surface area contributed by atoms with Crippen LogP contribution in [0.5, 0.6) is 17.2 Å². The first-order valence-electron chi connectivity index (χ1n) is 14.0. The first kappa shape index (κ1) is 31.0. The molecule has 0 saturated heterocycles. The Bertz CT molecular complexity index is 2130. The second-order valence-electron chi connectivity index (χ2n) is 10.2. The number of pyridine rings is 1. The number of fused-ring (bicyclic) bond motifs is 3. The minimum atomic E-state index is 0. The number of rotatable bonds is 8.